The molecule has 2 heterocycles. The second kappa shape index (κ2) is 11.2. The van der Waals surface area contributed by atoms with E-state index in [1.54, 1.807) is 28.9 Å². The molecule has 0 fully saturated rings. The van der Waals surface area contributed by atoms with Gasteiger partial charge in [-0.25, -0.2) is 4.98 Å². The van der Waals surface area contributed by atoms with Crippen LogP contribution >= 0.6 is 39.1 Å². The lowest BCUT2D eigenvalue weighted by Gasteiger charge is -2.12. The fraction of sp³-hybridized carbons (Fsp3) is 0.0357. The number of fused-ring (bicyclic) bond motifs is 1. The van der Waals surface area contributed by atoms with Crippen LogP contribution in [0.4, 0.5) is 11.5 Å². The first kappa shape index (κ1) is 25.0. The normalized spacial score (nSPS) is 11.2. The second-order valence-electron chi connectivity index (χ2n) is 8.17. The highest BCUT2D eigenvalue weighted by atomic mass is 79.9. The smallest absolute Gasteiger partial charge is 0.248 e. The van der Waals surface area contributed by atoms with Crippen LogP contribution in [0.5, 0.6) is 0 Å². The molecule has 6 nitrogen and oxygen atoms in total. The predicted octanol–water partition coefficient (Wildman–Crippen LogP) is 7.73. The van der Waals surface area contributed by atoms with Gasteiger partial charge in [0.1, 0.15) is 5.82 Å². The van der Waals surface area contributed by atoms with Gasteiger partial charge in [-0.1, -0.05) is 65.7 Å². The van der Waals surface area contributed by atoms with Gasteiger partial charge in [-0.15, -0.1) is 0 Å². The third kappa shape index (κ3) is 6.02. The molecule has 2 N–H and O–H groups in total. The van der Waals surface area contributed by atoms with E-state index in [9.17, 15) is 4.79 Å². The van der Waals surface area contributed by atoms with Gasteiger partial charge in [-0.3, -0.25) is 4.79 Å². The van der Waals surface area contributed by atoms with Crippen LogP contribution in [0.25, 0.3) is 23.0 Å². The highest BCUT2D eigenvalue weighted by molar-refractivity contribution is 9.10. The molecule has 1 amide bonds. The van der Waals surface area contributed by atoms with Crippen LogP contribution in [-0.2, 0) is 11.3 Å². The standard InChI is InChI=1S/C28H20BrCl2N5O/c29-23-17-33-36-26(15-25(35-28(23)36)22-9-1-2-10-24(22)31)32-16-19-6-4-8-21(14-19)34-27(37)12-11-18-5-3-7-20(30)13-18/h1-15,17,32H,16H2,(H,34,37)/b12-11+. The summed E-state index contributed by atoms with van der Waals surface area (Å²) in [5.74, 6) is 0.524. The maximum Gasteiger partial charge on any atom is 0.248 e. The lowest BCUT2D eigenvalue weighted by molar-refractivity contribution is -0.111. The van der Waals surface area contributed by atoms with Crippen molar-refractivity contribution in [2.75, 3.05) is 10.6 Å². The Bertz CT molecular complexity index is 1630. The van der Waals surface area contributed by atoms with E-state index in [1.165, 1.54) is 6.08 Å². The van der Waals surface area contributed by atoms with E-state index >= 15 is 0 Å². The number of hydrogen-bond donors (Lipinski definition) is 2. The first-order valence-corrected chi connectivity index (χ1v) is 12.9. The predicted molar refractivity (Wildman–Crippen MR) is 154 cm³/mol. The van der Waals surface area contributed by atoms with Gasteiger partial charge in [0.15, 0.2) is 5.65 Å². The zero-order chi connectivity index (χ0) is 25.8. The van der Waals surface area contributed by atoms with Gasteiger partial charge in [0.2, 0.25) is 5.91 Å². The Labute approximate surface area is 232 Å². The summed E-state index contributed by atoms with van der Waals surface area (Å²) in [6.45, 7) is 0.501. The Hall–Kier alpha value is -3.65. The summed E-state index contributed by atoms with van der Waals surface area (Å²) in [5, 5.41) is 12.0. The molecule has 0 saturated carbocycles. The fourth-order valence-corrected chi connectivity index (χ4v) is 4.57. The molecule has 2 aromatic heterocycles. The number of carbonyl (C=O) groups is 1. The van der Waals surface area contributed by atoms with Crippen LogP contribution in [0.2, 0.25) is 10.0 Å². The van der Waals surface area contributed by atoms with E-state index in [0.717, 1.165) is 32.7 Å². The van der Waals surface area contributed by atoms with Crippen molar-refractivity contribution in [1.82, 2.24) is 14.6 Å². The van der Waals surface area contributed by atoms with Gasteiger partial charge in [0.25, 0.3) is 0 Å². The summed E-state index contributed by atoms with van der Waals surface area (Å²) >= 11 is 16.0. The highest BCUT2D eigenvalue weighted by Gasteiger charge is 2.13. The molecule has 0 bridgehead atoms. The molecule has 9 heteroatoms. The topological polar surface area (TPSA) is 71.3 Å². The molecular weight excluding hydrogens is 573 g/mol. The number of amides is 1. The fourth-order valence-electron chi connectivity index (χ4n) is 3.79. The minimum atomic E-state index is -0.230. The zero-order valence-electron chi connectivity index (χ0n) is 19.3. The van der Waals surface area contributed by atoms with Crippen LogP contribution in [0, 0.1) is 0 Å². The molecule has 0 aliphatic heterocycles. The summed E-state index contributed by atoms with van der Waals surface area (Å²) in [5.41, 5.74) is 4.76. The molecule has 5 rings (SSSR count). The Morgan fingerprint density at radius 2 is 1.84 bits per heavy atom. The molecule has 0 atom stereocenters. The van der Waals surface area contributed by atoms with Crippen molar-refractivity contribution in [1.29, 1.82) is 0 Å². The van der Waals surface area contributed by atoms with Crippen molar-refractivity contribution in [2.24, 2.45) is 0 Å². The molecule has 0 spiro atoms. The van der Waals surface area contributed by atoms with Crippen molar-refractivity contribution in [2.45, 2.75) is 6.54 Å². The third-order valence-electron chi connectivity index (χ3n) is 5.52. The maximum atomic E-state index is 12.4. The number of aromatic nitrogens is 3. The minimum Gasteiger partial charge on any atom is -0.366 e. The zero-order valence-corrected chi connectivity index (χ0v) is 22.4. The average Bonchev–Trinajstić information content (AvgIpc) is 3.27. The van der Waals surface area contributed by atoms with Crippen molar-refractivity contribution in [3.63, 3.8) is 0 Å². The van der Waals surface area contributed by atoms with Gasteiger partial charge < -0.3 is 10.6 Å². The molecule has 5 aromatic rings. The molecule has 0 aliphatic carbocycles. The van der Waals surface area contributed by atoms with Crippen LogP contribution in [-0.4, -0.2) is 20.5 Å². The maximum absolute atomic E-state index is 12.4. The number of hydrogen-bond acceptors (Lipinski definition) is 4. The lowest BCUT2D eigenvalue weighted by atomic mass is 10.1. The second-order valence-corrected chi connectivity index (χ2v) is 9.86. The van der Waals surface area contributed by atoms with Gasteiger partial charge in [-0.2, -0.15) is 9.61 Å². The van der Waals surface area contributed by atoms with Gasteiger partial charge >= 0.3 is 0 Å². The summed E-state index contributed by atoms with van der Waals surface area (Å²) in [6, 6.07) is 24.5. The number of rotatable bonds is 7. The largest absolute Gasteiger partial charge is 0.366 e. The molecule has 0 radical (unpaired) electrons. The first-order valence-electron chi connectivity index (χ1n) is 11.3. The van der Waals surface area contributed by atoms with Gasteiger partial charge in [0, 0.05) is 40.0 Å². The highest BCUT2D eigenvalue weighted by Crippen LogP contribution is 2.30. The molecule has 37 heavy (non-hydrogen) atoms. The van der Waals surface area contributed by atoms with E-state index in [4.69, 9.17) is 28.2 Å². The molecule has 0 unspecified atom stereocenters. The van der Waals surface area contributed by atoms with Crippen LogP contribution in [0.1, 0.15) is 11.1 Å². The van der Waals surface area contributed by atoms with Crippen molar-refractivity contribution in [3.8, 4) is 11.3 Å². The van der Waals surface area contributed by atoms with Crippen molar-refractivity contribution < 1.29 is 4.79 Å². The van der Waals surface area contributed by atoms with Gasteiger partial charge in [-0.05, 0) is 63.5 Å². The van der Waals surface area contributed by atoms with Gasteiger partial charge in [0.05, 0.1) is 16.4 Å². The monoisotopic (exact) mass is 591 g/mol. The quantitative estimate of drug-likeness (QED) is 0.190. The lowest BCUT2D eigenvalue weighted by Crippen LogP contribution is -2.09. The van der Waals surface area contributed by atoms with E-state index < -0.39 is 0 Å². The van der Waals surface area contributed by atoms with Crippen LogP contribution < -0.4 is 10.6 Å². The summed E-state index contributed by atoms with van der Waals surface area (Å²) in [7, 11) is 0. The van der Waals surface area contributed by atoms with Crippen LogP contribution in [0.15, 0.2) is 95.6 Å². The van der Waals surface area contributed by atoms with Crippen molar-refractivity contribution in [3.05, 3.63) is 117 Å². The first-order chi connectivity index (χ1) is 18.0. The number of halogens is 3. The number of anilines is 2. The third-order valence-corrected chi connectivity index (χ3v) is 6.65. The Morgan fingerprint density at radius 1 is 1.00 bits per heavy atom. The number of nitrogens with zero attached hydrogens (tertiary/aromatic N) is 3. The molecule has 0 aliphatic rings. The SMILES string of the molecule is O=C(/C=C/c1cccc(Cl)c1)Nc1cccc(CNc2cc(-c3ccccc3Cl)nc3c(Br)cnn23)c1. The summed E-state index contributed by atoms with van der Waals surface area (Å²) in [4.78, 5) is 17.2. The van der Waals surface area contributed by atoms with E-state index in [2.05, 4.69) is 31.7 Å². The summed E-state index contributed by atoms with van der Waals surface area (Å²) < 4.78 is 2.51. The number of nitrogens with one attached hydrogen (secondary N) is 2. The average molecular weight is 593 g/mol. The molecule has 184 valence electrons. The van der Waals surface area contributed by atoms with E-state index in [1.807, 2.05) is 66.7 Å². The molecule has 3 aromatic carbocycles. The number of benzene rings is 3. The molecular formula is C28H20BrCl2N5O. The minimum absolute atomic E-state index is 0.230. The van der Waals surface area contributed by atoms with E-state index in [0.29, 0.717) is 27.9 Å². The molecule has 0 saturated heterocycles. The number of carbonyl (C=O) groups excluding carboxylic acids is 1. The van der Waals surface area contributed by atoms with E-state index in [-0.39, 0.29) is 5.91 Å². The Morgan fingerprint density at radius 3 is 2.68 bits per heavy atom. The van der Waals surface area contributed by atoms with Crippen molar-refractivity contribution >= 4 is 68.3 Å². The summed E-state index contributed by atoms with van der Waals surface area (Å²) in [6.07, 6.45) is 4.91. The Kier molecular flexibility index (Phi) is 7.55. The van der Waals surface area contributed by atoms with Crippen LogP contribution in [0.3, 0.4) is 0 Å². The Balaban J connectivity index is 1.33.